The number of hydrogen-bond acceptors (Lipinski definition) is 5. The third-order valence-electron chi connectivity index (χ3n) is 3.73. The van der Waals surface area contributed by atoms with Crippen LogP contribution >= 0.6 is 0 Å². The van der Waals surface area contributed by atoms with Gasteiger partial charge in [0.15, 0.2) is 0 Å². The first-order valence-electron chi connectivity index (χ1n) is 7.59. The van der Waals surface area contributed by atoms with Gasteiger partial charge in [-0.3, -0.25) is 10.1 Å². The number of aliphatic hydroxyl groups is 1. The fourth-order valence-electron chi connectivity index (χ4n) is 2.77. The fraction of sp³-hybridized carbons (Fsp3) is 0.786. The van der Waals surface area contributed by atoms with Gasteiger partial charge in [0.25, 0.3) is 0 Å². The van der Waals surface area contributed by atoms with Gasteiger partial charge in [-0.1, -0.05) is 27.2 Å². The topological polar surface area (TPSA) is 84.4 Å². The van der Waals surface area contributed by atoms with Gasteiger partial charge in [0, 0.05) is 19.6 Å². The second kappa shape index (κ2) is 7.97. The summed E-state index contributed by atoms with van der Waals surface area (Å²) in [4.78, 5) is 13.1. The van der Waals surface area contributed by atoms with Crippen molar-refractivity contribution < 1.29 is 10.0 Å². The van der Waals surface area contributed by atoms with E-state index in [2.05, 4.69) is 5.10 Å². The van der Waals surface area contributed by atoms with E-state index in [1.807, 2.05) is 25.7 Å². The quantitative estimate of drug-likeness (QED) is 0.558. The monoisotopic (exact) mass is 298 g/mol. The molecule has 0 spiro atoms. The van der Waals surface area contributed by atoms with Crippen molar-refractivity contribution in [2.24, 2.45) is 7.05 Å². The molecule has 0 amide bonds. The number of rotatable bonds is 9. The van der Waals surface area contributed by atoms with Gasteiger partial charge in [0.05, 0.1) is 11.5 Å². The Bertz CT molecular complexity index is 469. The summed E-state index contributed by atoms with van der Waals surface area (Å²) in [6, 6.07) is 0.153. The first kappa shape index (κ1) is 17.4. The molecule has 0 aliphatic heterocycles. The summed E-state index contributed by atoms with van der Waals surface area (Å²) in [5.74, 6) is 0.506. The second-order valence-electron chi connectivity index (χ2n) is 5.14. The minimum Gasteiger partial charge on any atom is -0.395 e. The second-order valence-corrected chi connectivity index (χ2v) is 5.14. The molecule has 0 fully saturated rings. The molecule has 0 atom stereocenters. The van der Waals surface area contributed by atoms with Crippen molar-refractivity contribution in [3.63, 3.8) is 0 Å². The lowest BCUT2D eigenvalue weighted by Gasteiger charge is -2.30. The molecule has 7 nitrogen and oxygen atoms in total. The van der Waals surface area contributed by atoms with E-state index in [0.717, 1.165) is 19.3 Å². The normalized spacial score (nSPS) is 11.1. The summed E-state index contributed by atoms with van der Waals surface area (Å²) in [5.41, 5.74) is 0.605. The molecule has 0 aromatic carbocycles. The predicted octanol–water partition coefficient (Wildman–Crippen LogP) is 2.27. The van der Waals surface area contributed by atoms with Crippen molar-refractivity contribution in [1.29, 1.82) is 0 Å². The Morgan fingerprint density at radius 3 is 2.43 bits per heavy atom. The van der Waals surface area contributed by atoms with Gasteiger partial charge in [-0.05, 0) is 19.3 Å². The van der Waals surface area contributed by atoms with Crippen LogP contribution in [0, 0.1) is 10.1 Å². The molecular formula is C14H26N4O3. The van der Waals surface area contributed by atoms with Crippen LogP contribution in [-0.2, 0) is 13.5 Å². The molecule has 0 saturated heterocycles. The lowest BCUT2D eigenvalue weighted by atomic mass is 10.1. The predicted molar refractivity (Wildman–Crippen MR) is 82.7 cm³/mol. The van der Waals surface area contributed by atoms with Gasteiger partial charge in [-0.15, -0.1) is 0 Å². The lowest BCUT2D eigenvalue weighted by Crippen LogP contribution is -2.38. The first-order chi connectivity index (χ1) is 10.0. The summed E-state index contributed by atoms with van der Waals surface area (Å²) < 4.78 is 1.58. The van der Waals surface area contributed by atoms with Crippen LogP contribution in [0.5, 0.6) is 0 Å². The van der Waals surface area contributed by atoms with E-state index in [4.69, 9.17) is 0 Å². The Morgan fingerprint density at radius 1 is 1.38 bits per heavy atom. The van der Waals surface area contributed by atoms with E-state index in [-0.39, 0.29) is 23.3 Å². The average molecular weight is 298 g/mol. The molecule has 0 aliphatic rings. The highest BCUT2D eigenvalue weighted by Crippen LogP contribution is 2.34. The zero-order chi connectivity index (χ0) is 16.0. The third-order valence-corrected chi connectivity index (χ3v) is 3.73. The van der Waals surface area contributed by atoms with Crippen LogP contribution in [0.15, 0.2) is 0 Å². The summed E-state index contributed by atoms with van der Waals surface area (Å²) in [6.45, 7) is 6.41. The molecule has 0 unspecified atom stereocenters. The van der Waals surface area contributed by atoms with Crippen LogP contribution < -0.4 is 4.90 Å². The first-order valence-corrected chi connectivity index (χ1v) is 7.59. The molecular weight excluding hydrogens is 272 g/mol. The highest BCUT2D eigenvalue weighted by Gasteiger charge is 2.32. The Balaban J connectivity index is 3.38. The molecule has 1 aromatic heterocycles. The number of aryl methyl sites for hydroxylation is 2. The molecule has 1 N–H and O–H groups in total. The molecule has 0 bridgehead atoms. The van der Waals surface area contributed by atoms with E-state index >= 15 is 0 Å². The van der Waals surface area contributed by atoms with Gasteiger partial charge in [-0.25, -0.2) is 4.68 Å². The summed E-state index contributed by atoms with van der Waals surface area (Å²) >= 11 is 0. The van der Waals surface area contributed by atoms with Gasteiger partial charge < -0.3 is 10.0 Å². The molecule has 1 rings (SSSR count). The Kier molecular flexibility index (Phi) is 6.61. The maximum atomic E-state index is 11.5. The molecule has 0 radical (unpaired) electrons. The van der Waals surface area contributed by atoms with Crippen LogP contribution in [-0.4, -0.2) is 39.0 Å². The van der Waals surface area contributed by atoms with E-state index in [9.17, 15) is 15.2 Å². The van der Waals surface area contributed by atoms with Crippen molar-refractivity contribution >= 4 is 11.5 Å². The third kappa shape index (κ3) is 3.72. The van der Waals surface area contributed by atoms with Crippen molar-refractivity contribution in [3.05, 3.63) is 15.8 Å². The number of anilines is 1. The Hall–Kier alpha value is -1.63. The van der Waals surface area contributed by atoms with Crippen LogP contribution in [0.25, 0.3) is 0 Å². The van der Waals surface area contributed by atoms with E-state index < -0.39 is 0 Å². The van der Waals surface area contributed by atoms with Gasteiger partial charge >= 0.3 is 5.69 Å². The SMILES string of the molecule is CCCc1nn(C)c(N(CCO)C(CC)CC)c1[N+](=O)[O-]. The van der Waals surface area contributed by atoms with Crippen LogP contribution in [0.2, 0.25) is 0 Å². The summed E-state index contributed by atoms with van der Waals surface area (Å²) in [6.07, 6.45) is 3.12. The van der Waals surface area contributed by atoms with Gasteiger partial charge in [0.2, 0.25) is 5.82 Å². The summed E-state index contributed by atoms with van der Waals surface area (Å²) in [5, 5.41) is 25.2. The van der Waals surface area contributed by atoms with Gasteiger partial charge in [-0.2, -0.15) is 5.10 Å². The Morgan fingerprint density at radius 2 is 2.00 bits per heavy atom. The highest BCUT2D eigenvalue weighted by atomic mass is 16.6. The van der Waals surface area contributed by atoms with Crippen molar-refractivity contribution in [1.82, 2.24) is 9.78 Å². The number of nitro groups is 1. The molecule has 0 saturated carbocycles. The van der Waals surface area contributed by atoms with E-state index in [0.29, 0.717) is 24.5 Å². The van der Waals surface area contributed by atoms with Crippen LogP contribution in [0.4, 0.5) is 11.5 Å². The largest absolute Gasteiger partial charge is 0.395 e. The minimum absolute atomic E-state index is 0.0397. The lowest BCUT2D eigenvalue weighted by molar-refractivity contribution is -0.384. The van der Waals surface area contributed by atoms with Crippen molar-refractivity contribution in [2.45, 2.75) is 52.5 Å². The number of nitrogens with zero attached hydrogens (tertiary/aromatic N) is 4. The maximum absolute atomic E-state index is 11.5. The zero-order valence-electron chi connectivity index (χ0n) is 13.4. The molecule has 21 heavy (non-hydrogen) atoms. The molecule has 7 heteroatoms. The highest BCUT2D eigenvalue weighted by molar-refractivity contribution is 5.62. The molecule has 120 valence electrons. The summed E-state index contributed by atoms with van der Waals surface area (Å²) in [7, 11) is 1.73. The number of hydrogen-bond donors (Lipinski definition) is 1. The zero-order valence-corrected chi connectivity index (χ0v) is 13.4. The van der Waals surface area contributed by atoms with Crippen LogP contribution in [0.1, 0.15) is 45.7 Å². The molecule has 1 aromatic rings. The molecule has 0 aliphatic carbocycles. The van der Waals surface area contributed by atoms with Crippen molar-refractivity contribution in [2.75, 3.05) is 18.1 Å². The number of aliphatic hydroxyl groups excluding tert-OH is 1. The minimum atomic E-state index is -0.347. The van der Waals surface area contributed by atoms with Crippen LogP contribution in [0.3, 0.4) is 0 Å². The standard InChI is InChI=1S/C14H26N4O3/c1-5-8-12-13(18(20)21)14(16(4)15-12)17(9-10-19)11(6-2)7-3/h11,19H,5-10H2,1-4H3. The fourth-order valence-corrected chi connectivity index (χ4v) is 2.77. The van der Waals surface area contributed by atoms with E-state index in [1.54, 1.807) is 11.7 Å². The van der Waals surface area contributed by atoms with Gasteiger partial charge in [0.1, 0.15) is 5.69 Å². The van der Waals surface area contributed by atoms with E-state index in [1.165, 1.54) is 0 Å². The van der Waals surface area contributed by atoms with Crippen molar-refractivity contribution in [3.8, 4) is 0 Å². The number of aromatic nitrogens is 2. The Labute approximate surface area is 125 Å². The maximum Gasteiger partial charge on any atom is 0.334 e. The average Bonchev–Trinajstić information content (AvgIpc) is 2.76. The smallest absolute Gasteiger partial charge is 0.334 e. The molecule has 1 heterocycles.